The number of hydrogen-bond acceptors (Lipinski definition) is 4. The van der Waals surface area contributed by atoms with Gasteiger partial charge >= 0.3 is 0 Å². The lowest BCUT2D eigenvalue weighted by atomic mass is 10.2. The van der Waals surface area contributed by atoms with Gasteiger partial charge in [-0.2, -0.15) is 0 Å². The fraction of sp³-hybridized carbons (Fsp3) is 0.235. The first-order valence-electron chi connectivity index (χ1n) is 7.65. The Kier molecular flexibility index (Phi) is 7.85. The molecule has 0 fully saturated rings. The van der Waals surface area contributed by atoms with Crippen molar-refractivity contribution in [3.63, 3.8) is 0 Å². The highest BCUT2D eigenvalue weighted by Gasteiger charge is 2.17. The standard InChI is InChI=1S/C17H17Cl3N2O3S2/c1-22(2)27(24,25)12-5-3-4-11(6-12)9-26-10-17(23)21-16-8-14(19)13(18)7-15(16)20/h3-8H,9-10H2,1-2H3,(H,21,23). The van der Waals surface area contributed by atoms with Crippen LogP contribution in [0.4, 0.5) is 5.69 Å². The van der Waals surface area contributed by atoms with Crippen LogP contribution in [0.25, 0.3) is 0 Å². The van der Waals surface area contributed by atoms with E-state index < -0.39 is 10.0 Å². The summed E-state index contributed by atoms with van der Waals surface area (Å²) >= 11 is 19.2. The molecule has 0 unspecified atom stereocenters. The van der Waals surface area contributed by atoms with Gasteiger partial charge in [0.25, 0.3) is 0 Å². The maximum Gasteiger partial charge on any atom is 0.242 e. The summed E-state index contributed by atoms with van der Waals surface area (Å²) in [6.07, 6.45) is 0. The molecule has 0 aliphatic heterocycles. The van der Waals surface area contributed by atoms with Gasteiger partial charge in [-0.1, -0.05) is 46.9 Å². The number of nitrogens with one attached hydrogen (secondary N) is 1. The van der Waals surface area contributed by atoms with Crippen LogP contribution in [-0.2, 0) is 20.6 Å². The Morgan fingerprint density at radius 1 is 1.07 bits per heavy atom. The van der Waals surface area contributed by atoms with Gasteiger partial charge in [-0.05, 0) is 29.8 Å². The van der Waals surface area contributed by atoms with Crippen molar-refractivity contribution in [3.8, 4) is 0 Å². The second-order valence-corrected chi connectivity index (χ2v) is 10.1. The molecule has 0 bridgehead atoms. The van der Waals surface area contributed by atoms with E-state index in [9.17, 15) is 13.2 Å². The van der Waals surface area contributed by atoms with Crippen LogP contribution in [0.2, 0.25) is 15.1 Å². The van der Waals surface area contributed by atoms with E-state index in [-0.39, 0.29) is 16.6 Å². The van der Waals surface area contributed by atoms with Crippen LogP contribution in [0, 0.1) is 0 Å². The Labute approximate surface area is 178 Å². The molecule has 27 heavy (non-hydrogen) atoms. The molecule has 2 aromatic rings. The van der Waals surface area contributed by atoms with Gasteiger partial charge in [0, 0.05) is 19.8 Å². The van der Waals surface area contributed by atoms with Gasteiger partial charge in [0.1, 0.15) is 0 Å². The molecule has 0 spiro atoms. The molecule has 0 atom stereocenters. The van der Waals surface area contributed by atoms with Crippen molar-refractivity contribution in [1.29, 1.82) is 0 Å². The SMILES string of the molecule is CN(C)S(=O)(=O)c1cccc(CSCC(=O)Nc2cc(Cl)c(Cl)cc2Cl)c1. The third-order valence-corrected chi connectivity index (χ3v) is 7.31. The molecule has 2 aromatic carbocycles. The van der Waals surface area contributed by atoms with Gasteiger partial charge in [-0.3, -0.25) is 4.79 Å². The van der Waals surface area contributed by atoms with Crippen molar-refractivity contribution < 1.29 is 13.2 Å². The summed E-state index contributed by atoms with van der Waals surface area (Å²) in [5, 5.41) is 3.57. The van der Waals surface area contributed by atoms with E-state index in [0.29, 0.717) is 26.5 Å². The lowest BCUT2D eigenvalue weighted by Crippen LogP contribution is -2.22. The first-order valence-corrected chi connectivity index (χ1v) is 11.4. The van der Waals surface area contributed by atoms with E-state index in [1.54, 1.807) is 18.2 Å². The first-order chi connectivity index (χ1) is 12.6. The van der Waals surface area contributed by atoms with Crippen molar-refractivity contribution in [3.05, 3.63) is 57.0 Å². The monoisotopic (exact) mass is 466 g/mol. The van der Waals surface area contributed by atoms with E-state index in [1.807, 2.05) is 6.07 Å². The highest BCUT2D eigenvalue weighted by atomic mass is 35.5. The summed E-state index contributed by atoms with van der Waals surface area (Å²) in [6, 6.07) is 9.60. The molecule has 10 heteroatoms. The van der Waals surface area contributed by atoms with Crippen molar-refractivity contribution >= 4 is 68.2 Å². The highest BCUT2D eigenvalue weighted by molar-refractivity contribution is 7.99. The summed E-state index contributed by atoms with van der Waals surface area (Å²) in [6.45, 7) is 0. The molecule has 0 aliphatic rings. The summed E-state index contributed by atoms with van der Waals surface area (Å²) in [5.74, 6) is 0.401. The summed E-state index contributed by atoms with van der Waals surface area (Å²) in [7, 11) is -0.524. The maximum absolute atomic E-state index is 12.2. The molecule has 5 nitrogen and oxygen atoms in total. The first kappa shape index (κ1) is 22.3. The van der Waals surface area contributed by atoms with Gasteiger partial charge in [0.05, 0.1) is 31.4 Å². The zero-order valence-corrected chi connectivity index (χ0v) is 18.4. The minimum absolute atomic E-state index is 0.168. The molecule has 146 valence electrons. The number of rotatable bonds is 7. The van der Waals surface area contributed by atoms with Crippen molar-refractivity contribution in [2.75, 3.05) is 25.2 Å². The zero-order chi connectivity index (χ0) is 20.2. The maximum atomic E-state index is 12.2. The van der Waals surface area contributed by atoms with Gasteiger partial charge in [0.15, 0.2) is 0 Å². The van der Waals surface area contributed by atoms with Gasteiger partial charge in [0.2, 0.25) is 15.9 Å². The second-order valence-electron chi connectivity index (χ2n) is 5.72. The third-order valence-electron chi connectivity index (χ3n) is 3.46. The molecular formula is C17H17Cl3N2O3S2. The van der Waals surface area contributed by atoms with Crippen LogP contribution in [0.5, 0.6) is 0 Å². The van der Waals surface area contributed by atoms with Gasteiger partial charge < -0.3 is 5.32 Å². The third kappa shape index (κ3) is 6.01. The van der Waals surface area contributed by atoms with E-state index in [2.05, 4.69) is 5.32 Å². The summed E-state index contributed by atoms with van der Waals surface area (Å²) < 4.78 is 25.5. The van der Waals surface area contributed by atoms with Crippen molar-refractivity contribution in [1.82, 2.24) is 4.31 Å². The largest absolute Gasteiger partial charge is 0.324 e. The van der Waals surface area contributed by atoms with Crippen LogP contribution >= 0.6 is 46.6 Å². The van der Waals surface area contributed by atoms with Crippen molar-refractivity contribution in [2.24, 2.45) is 0 Å². The number of sulfonamides is 1. The second kappa shape index (κ2) is 9.49. The lowest BCUT2D eigenvalue weighted by Gasteiger charge is -2.12. The Bertz CT molecular complexity index is 950. The number of carbonyl (C=O) groups excluding carboxylic acids is 1. The Hall–Kier alpha value is -0.960. The number of nitrogens with zero attached hydrogens (tertiary/aromatic N) is 1. The quantitative estimate of drug-likeness (QED) is 0.596. The van der Waals surface area contributed by atoms with E-state index >= 15 is 0 Å². The molecule has 0 saturated heterocycles. The smallest absolute Gasteiger partial charge is 0.242 e. The van der Waals surface area contributed by atoms with E-state index in [4.69, 9.17) is 34.8 Å². The molecule has 0 heterocycles. The predicted molar refractivity (Wildman–Crippen MR) is 114 cm³/mol. The van der Waals surface area contributed by atoms with E-state index in [1.165, 1.54) is 38.0 Å². The van der Waals surface area contributed by atoms with Crippen LogP contribution in [0.3, 0.4) is 0 Å². The number of anilines is 1. The molecule has 0 aliphatic carbocycles. The topological polar surface area (TPSA) is 66.5 Å². The minimum atomic E-state index is -3.49. The normalized spacial score (nSPS) is 11.6. The van der Waals surface area contributed by atoms with Gasteiger partial charge in [-0.15, -0.1) is 11.8 Å². The predicted octanol–water partition coefficient (Wildman–Crippen LogP) is 4.77. The fourth-order valence-electron chi connectivity index (χ4n) is 2.07. The lowest BCUT2D eigenvalue weighted by molar-refractivity contribution is -0.113. The zero-order valence-electron chi connectivity index (χ0n) is 14.5. The average Bonchev–Trinajstić information content (AvgIpc) is 2.60. The molecule has 0 radical (unpaired) electrons. The molecule has 0 saturated carbocycles. The number of benzene rings is 2. The number of carbonyl (C=O) groups is 1. The minimum Gasteiger partial charge on any atom is -0.324 e. The number of hydrogen-bond donors (Lipinski definition) is 1. The highest BCUT2D eigenvalue weighted by Crippen LogP contribution is 2.32. The number of amides is 1. The van der Waals surface area contributed by atoms with Crippen LogP contribution < -0.4 is 5.32 Å². The molecule has 1 amide bonds. The Morgan fingerprint density at radius 3 is 2.41 bits per heavy atom. The summed E-state index contributed by atoms with van der Waals surface area (Å²) in [4.78, 5) is 12.3. The van der Waals surface area contributed by atoms with Crippen molar-refractivity contribution in [2.45, 2.75) is 10.6 Å². The molecule has 2 rings (SSSR count). The Morgan fingerprint density at radius 2 is 1.74 bits per heavy atom. The summed E-state index contributed by atoms with van der Waals surface area (Å²) in [5.41, 5.74) is 1.19. The molecular weight excluding hydrogens is 451 g/mol. The fourth-order valence-corrected chi connectivity index (χ4v) is 4.41. The molecule has 0 aromatic heterocycles. The van der Waals surface area contributed by atoms with Gasteiger partial charge in [-0.25, -0.2) is 12.7 Å². The number of halogens is 3. The average molecular weight is 468 g/mol. The van der Waals surface area contributed by atoms with E-state index in [0.717, 1.165) is 9.87 Å². The van der Waals surface area contributed by atoms with Crippen LogP contribution in [0.1, 0.15) is 5.56 Å². The number of thioether (sulfide) groups is 1. The molecule has 1 N–H and O–H groups in total. The van der Waals surface area contributed by atoms with Crippen LogP contribution in [-0.4, -0.2) is 38.5 Å². The van der Waals surface area contributed by atoms with Crippen LogP contribution in [0.15, 0.2) is 41.3 Å². The Balaban J connectivity index is 1.95.